The minimum absolute atomic E-state index is 0.126. The number of ether oxygens (including phenoxy) is 1. The highest BCUT2D eigenvalue weighted by Crippen LogP contribution is 2.24. The lowest BCUT2D eigenvalue weighted by molar-refractivity contribution is -0.0141. The number of hydrogen-bond acceptors (Lipinski definition) is 3. The Hall–Kier alpha value is -0.900. The van der Waals surface area contributed by atoms with Crippen LogP contribution in [0.4, 0.5) is 0 Å². The van der Waals surface area contributed by atoms with Crippen molar-refractivity contribution in [2.45, 2.75) is 31.9 Å². The first-order chi connectivity index (χ1) is 8.81. The Morgan fingerprint density at radius 2 is 1.94 bits per heavy atom. The van der Waals surface area contributed by atoms with Crippen LogP contribution in [-0.2, 0) is 4.74 Å². The Kier molecular flexibility index (Phi) is 5.17. The van der Waals surface area contributed by atoms with Gasteiger partial charge in [-0.25, -0.2) is 0 Å². The zero-order valence-electron chi connectivity index (χ0n) is 11.1. The molecule has 1 unspecified atom stereocenters. The summed E-state index contributed by atoms with van der Waals surface area (Å²) in [4.78, 5) is 2.51. The van der Waals surface area contributed by atoms with E-state index in [1.54, 1.807) is 0 Å². The summed E-state index contributed by atoms with van der Waals surface area (Å²) in [5.41, 5.74) is 1.38. The monoisotopic (exact) mass is 249 g/mol. The second-order valence-corrected chi connectivity index (χ2v) is 4.92. The van der Waals surface area contributed by atoms with Crippen molar-refractivity contribution in [2.75, 3.05) is 26.3 Å². The van der Waals surface area contributed by atoms with Gasteiger partial charge in [0.15, 0.2) is 0 Å². The predicted molar refractivity (Wildman–Crippen MR) is 72.5 cm³/mol. The summed E-state index contributed by atoms with van der Waals surface area (Å²) in [6.45, 7) is 5.02. The Morgan fingerprint density at radius 1 is 1.28 bits per heavy atom. The number of piperidine rings is 1. The fourth-order valence-electron chi connectivity index (χ4n) is 2.59. The smallest absolute Gasteiger partial charge is 0.0701 e. The minimum atomic E-state index is 0.126. The molecule has 1 aromatic rings. The molecule has 0 bridgehead atoms. The minimum Gasteiger partial charge on any atom is -0.394 e. The molecular weight excluding hydrogens is 226 g/mol. The maximum Gasteiger partial charge on any atom is 0.0701 e. The van der Waals surface area contributed by atoms with E-state index in [1.165, 1.54) is 5.56 Å². The molecule has 0 spiro atoms. The van der Waals surface area contributed by atoms with Crippen LogP contribution in [-0.4, -0.2) is 42.4 Å². The normalized spacial score (nSPS) is 19.9. The molecule has 0 radical (unpaired) electrons. The van der Waals surface area contributed by atoms with Gasteiger partial charge in [-0.15, -0.1) is 0 Å². The van der Waals surface area contributed by atoms with Gasteiger partial charge in [-0.1, -0.05) is 30.3 Å². The standard InChI is InChI=1S/C15H23NO2/c1-13(14-5-3-2-4-6-14)16-9-7-15(8-10-16)18-12-11-17/h2-6,13,15,17H,7-12H2,1H3. The van der Waals surface area contributed by atoms with Crippen LogP contribution >= 0.6 is 0 Å². The van der Waals surface area contributed by atoms with Gasteiger partial charge in [0.1, 0.15) is 0 Å². The number of benzene rings is 1. The molecule has 0 aromatic heterocycles. The predicted octanol–water partition coefficient (Wildman–Crippen LogP) is 2.22. The quantitative estimate of drug-likeness (QED) is 0.868. The van der Waals surface area contributed by atoms with E-state index >= 15 is 0 Å². The van der Waals surface area contributed by atoms with Crippen molar-refractivity contribution in [1.29, 1.82) is 0 Å². The van der Waals surface area contributed by atoms with Gasteiger partial charge in [-0.3, -0.25) is 4.90 Å². The van der Waals surface area contributed by atoms with Crippen LogP contribution in [0.2, 0.25) is 0 Å². The number of rotatable bonds is 5. The van der Waals surface area contributed by atoms with Crippen molar-refractivity contribution < 1.29 is 9.84 Å². The fraction of sp³-hybridized carbons (Fsp3) is 0.600. The molecular formula is C15H23NO2. The third-order valence-electron chi connectivity index (χ3n) is 3.75. The number of aliphatic hydroxyl groups excluding tert-OH is 1. The van der Waals surface area contributed by atoms with Gasteiger partial charge in [0.2, 0.25) is 0 Å². The average molecular weight is 249 g/mol. The molecule has 0 saturated carbocycles. The molecule has 1 heterocycles. The fourth-order valence-corrected chi connectivity index (χ4v) is 2.59. The van der Waals surface area contributed by atoms with Crippen molar-refractivity contribution in [1.82, 2.24) is 4.90 Å². The van der Waals surface area contributed by atoms with E-state index in [0.29, 0.717) is 18.8 Å². The summed E-state index contributed by atoms with van der Waals surface area (Å²) in [6.07, 6.45) is 2.46. The second kappa shape index (κ2) is 6.88. The van der Waals surface area contributed by atoms with E-state index in [1.807, 2.05) is 0 Å². The van der Waals surface area contributed by atoms with Crippen molar-refractivity contribution in [3.8, 4) is 0 Å². The number of likely N-dealkylation sites (tertiary alicyclic amines) is 1. The first-order valence-electron chi connectivity index (χ1n) is 6.82. The van der Waals surface area contributed by atoms with Crippen LogP contribution in [0.5, 0.6) is 0 Å². The number of nitrogens with zero attached hydrogens (tertiary/aromatic N) is 1. The zero-order valence-corrected chi connectivity index (χ0v) is 11.1. The molecule has 3 nitrogen and oxygen atoms in total. The highest BCUT2D eigenvalue weighted by Gasteiger charge is 2.23. The van der Waals surface area contributed by atoms with E-state index in [9.17, 15) is 0 Å². The third kappa shape index (κ3) is 3.55. The van der Waals surface area contributed by atoms with Crippen LogP contribution in [0.25, 0.3) is 0 Å². The van der Waals surface area contributed by atoms with E-state index in [2.05, 4.69) is 42.2 Å². The summed E-state index contributed by atoms with van der Waals surface area (Å²) in [5, 5.41) is 8.75. The molecule has 3 heteroatoms. The van der Waals surface area contributed by atoms with E-state index in [0.717, 1.165) is 25.9 Å². The number of hydrogen-bond donors (Lipinski definition) is 1. The van der Waals surface area contributed by atoms with Crippen molar-refractivity contribution in [2.24, 2.45) is 0 Å². The highest BCUT2D eigenvalue weighted by molar-refractivity contribution is 5.18. The van der Waals surface area contributed by atoms with Gasteiger partial charge in [-0.2, -0.15) is 0 Å². The van der Waals surface area contributed by atoms with Gasteiger partial charge in [-0.05, 0) is 25.3 Å². The Bertz CT molecular complexity index is 334. The van der Waals surface area contributed by atoms with E-state index < -0.39 is 0 Å². The van der Waals surface area contributed by atoms with Crippen LogP contribution < -0.4 is 0 Å². The zero-order chi connectivity index (χ0) is 12.8. The third-order valence-corrected chi connectivity index (χ3v) is 3.75. The van der Waals surface area contributed by atoms with Gasteiger partial charge < -0.3 is 9.84 Å². The lowest BCUT2D eigenvalue weighted by Crippen LogP contribution is -2.38. The maximum atomic E-state index is 8.75. The van der Waals surface area contributed by atoms with Crippen LogP contribution in [0, 0.1) is 0 Å². The molecule has 1 fully saturated rings. The molecule has 18 heavy (non-hydrogen) atoms. The molecule has 100 valence electrons. The summed E-state index contributed by atoms with van der Waals surface area (Å²) in [6, 6.07) is 11.1. The van der Waals surface area contributed by atoms with E-state index in [4.69, 9.17) is 9.84 Å². The second-order valence-electron chi connectivity index (χ2n) is 4.92. The molecule has 1 aromatic carbocycles. The lowest BCUT2D eigenvalue weighted by atomic mass is 10.0. The SMILES string of the molecule is CC(c1ccccc1)N1CCC(OCCO)CC1. The molecule has 0 amide bonds. The van der Waals surface area contributed by atoms with Crippen molar-refractivity contribution in [3.05, 3.63) is 35.9 Å². The Labute approximate surface area is 109 Å². The number of aliphatic hydroxyl groups is 1. The largest absolute Gasteiger partial charge is 0.394 e. The molecule has 1 N–H and O–H groups in total. The molecule has 1 aliphatic rings. The summed E-state index contributed by atoms with van der Waals surface area (Å²) in [7, 11) is 0. The topological polar surface area (TPSA) is 32.7 Å². The summed E-state index contributed by atoms with van der Waals surface area (Å²) < 4.78 is 5.59. The van der Waals surface area contributed by atoms with Crippen LogP contribution in [0.1, 0.15) is 31.4 Å². The molecule has 0 aliphatic carbocycles. The summed E-state index contributed by atoms with van der Waals surface area (Å²) >= 11 is 0. The first-order valence-corrected chi connectivity index (χ1v) is 6.82. The van der Waals surface area contributed by atoms with Crippen molar-refractivity contribution >= 4 is 0 Å². The van der Waals surface area contributed by atoms with Gasteiger partial charge in [0.25, 0.3) is 0 Å². The Balaban J connectivity index is 1.82. The van der Waals surface area contributed by atoms with Crippen LogP contribution in [0.3, 0.4) is 0 Å². The molecule has 1 aliphatic heterocycles. The molecule has 1 saturated heterocycles. The maximum absolute atomic E-state index is 8.75. The first kappa shape index (κ1) is 13.5. The Morgan fingerprint density at radius 3 is 2.56 bits per heavy atom. The van der Waals surface area contributed by atoms with E-state index in [-0.39, 0.29) is 6.61 Å². The van der Waals surface area contributed by atoms with Crippen LogP contribution in [0.15, 0.2) is 30.3 Å². The van der Waals surface area contributed by atoms with Gasteiger partial charge >= 0.3 is 0 Å². The summed E-state index contributed by atoms with van der Waals surface area (Å²) in [5.74, 6) is 0. The van der Waals surface area contributed by atoms with Gasteiger partial charge in [0, 0.05) is 19.1 Å². The highest BCUT2D eigenvalue weighted by atomic mass is 16.5. The van der Waals surface area contributed by atoms with Crippen molar-refractivity contribution in [3.63, 3.8) is 0 Å². The van der Waals surface area contributed by atoms with Gasteiger partial charge in [0.05, 0.1) is 19.3 Å². The average Bonchev–Trinajstić information content (AvgIpc) is 2.46. The molecule has 1 atom stereocenters. The lowest BCUT2D eigenvalue weighted by Gasteiger charge is -2.36. The molecule has 2 rings (SSSR count).